The summed E-state index contributed by atoms with van der Waals surface area (Å²) in [5.41, 5.74) is -1.94. The highest BCUT2D eigenvalue weighted by atomic mass is 32.2. The van der Waals surface area contributed by atoms with Gasteiger partial charge in [-0.3, -0.25) is 0 Å². The van der Waals surface area contributed by atoms with Gasteiger partial charge in [0.15, 0.2) is 0 Å². The first-order chi connectivity index (χ1) is 9.37. The van der Waals surface area contributed by atoms with E-state index in [0.29, 0.717) is 11.8 Å². The van der Waals surface area contributed by atoms with Crippen LogP contribution in [0.4, 0.5) is 4.39 Å². The van der Waals surface area contributed by atoms with Crippen LogP contribution >= 0.6 is 23.5 Å². The zero-order valence-electron chi connectivity index (χ0n) is 11.8. The Labute approximate surface area is 127 Å². The third kappa shape index (κ3) is 2.28. The van der Waals surface area contributed by atoms with Crippen LogP contribution < -0.4 is 0 Å². The summed E-state index contributed by atoms with van der Waals surface area (Å²) in [5.74, 6) is 1.03. The number of aliphatic hydroxyl groups is 1. The third-order valence-electron chi connectivity index (χ3n) is 4.64. The first kappa shape index (κ1) is 15.0. The molecule has 1 saturated heterocycles. The van der Waals surface area contributed by atoms with Crippen LogP contribution in [-0.4, -0.2) is 44.5 Å². The minimum absolute atomic E-state index is 0.142. The van der Waals surface area contributed by atoms with Crippen molar-refractivity contribution in [1.29, 1.82) is 0 Å². The minimum atomic E-state index is -1.94. The van der Waals surface area contributed by atoms with E-state index in [9.17, 15) is 14.3 Å². The molecule has 2 aliphatic carbocycles. The molecule has 5 unspecified atom stereocenters. The molecular formula is C14H21FO3S2. The van der Waals surface area contributed by atoms with Gasteiger partial charge in [-0.25, -0.2) is 9.18 Å². The minimum Gasteiger partial charge on any atom is -0.457 e. The summed E-state index contributed by atoms with van der Waals surface area (Å²) in [5, 5.41) is 9.58. The van der Waals surface area contributed by atoms with Gasteiger partial charge in [0.25, 0.3) is 0 Å². The fraction of sp³-hybridized carbons (Fsp3) is 0.929. The van der Waals surface area contributed by atoms with E-state index in [2.05, 4.69) is 0 Å². The fourth-order valence-electron chi connectivity index (χ4n) is 3.66. The highest BCUT2D eigenvalue weighted by Crippen LogP contribution is 2.67. The maximum absolute atomic E-state index is 13.8. The highest BCUT2D eigenvalue weighted by Gasteiger charge is 2.64. The standard InChI is InChI=1S/C14H21FO3S2/c1-13(2,15)12(17)18-11-8-3-4-9(5-8)14(11)19-7-10(6-16)20-14/h8-11,16H,3-7H2,1-2H3. The maximum atomic E-state index is 13.8. The molecule has 0 radical (unpaired) electrons. The number of hydrogen-bond donors (Lipinski definition) is 1. The number of hydrogen-bond acceptors (Lipinski definition) is 5. The van der Waals surface area contributed by atoms with Gasteiger partial charge in [0, 0.05) is 11.0 Å². The van der Waals surface area contributed by atoms with Gasteiger partial charge in [0.2, 0.25) is 5.67 Å². The first-order valence-corrected chi connectivity index (χ1v) is 9.06. The Morgan fingerprint density at radius 3 is 2.85 bits per heavy atom. The average Bonchev–Trinajstić information content (AvgIpc) is 3.06. The van der Waals surface area contributed by atoms with Crippen LogP contribution in [0.5, 0.6) is 0 Å². The lowest BCUT2D eigenvalue weighted by Gasteiger charge is -2.39. The Bertz CT molecular complexity index is 412. The van der Waals surface area contributed by atoms with E-state index in [4.69, 9.17) is 4.74 Å². The molecule has 3 aliphatic rings. The van der Waals surface area contributed by atoms with Crippen LogP contribution in [0.2, 0.25) is 0 Å². The largest absolute Gasteiger partial charge is 0.457 e. The van der Waals surface area contributed by atoms with Crippen molar-refractivity contribution < 1.29 is 19.0 Å². The molecule has 1 heterocycles. The number of carbonyl (C=O) groups is 1. The van der Waals surface area contributed by atoms with E-state index in [1.165, 1.54) is 13.8 Å². The summed E-state index contributed by atoms with van der Waals surface area (Å²) in [6.07, 6.45) is 3.11. The van der Waals surface area contributed by atoms with E-state index in [1.807, 2.05) is 11.8 Å². The van der Waals surface area contributed by atoms with Gasteiger partial charge in [-0.15, -0.1) is 23.5 Å². The van der Waals surface area contributed by atoms with Crippen LogP contribution in [0.25, 0.3) is 0 Å². The summed E-state index contributed by atoms with van der Waals surface area (Å²) in [4.78, 5) is 11.9. The van der Waals surface area contributed by atoms with Gasteiger partial charge in [-0.05, 0) is 44.9 Å². The van der Waals surface area contributed by atoms with Gasteiger partial charge in [0.05, 0.1) is 6.61 Å². The molecule has 0 aromatic carbocycles. The van der Waals surface area contributed by atoms with Gasteiger partial charge in [-0.1, -0.05) is 0 Å². The highest BCUT2D eigenvalue weighted by molar-refractivity contribution is 8.21. The van der Waals surface area contributed by atoms with E-state index in [0.717, 1.165) is 25.0 Å². The number of halogens is 1. The molecule has 0 aromatic heterocycles. The Morgan fingerprint density at radius 2 is 2.25 bits per heavy atom. The maximum Gasteiger partial charge on any atom is 0.343 e. The second kappa shape index (κ2) is 5.06. The molecule has 3 fully saturated rings. The van der Waals surface area contributed by atoms with Crippen LogP contribution in [0.15, 0.2) is 0 Å². The van der Waals surface area contributed by atoms with Crippen molar-refractivity contribution >= 4 is 29.5 Å². The van der Waals surface area contributed by atoms with Gasteiger partial charge in [-0.2, -0.15) is 0 Å². The Hall–Kier alpha value is 0.0600. The lowest BCUT2D eigenvalue weighted by molar-refractivity contribution is -0.163. The lowest BCUT2D eigenvalue weighted by atomic mass is 9.96. The SMILES string of the molecule is CC(C)(F)C(=O)OC1C2CCC(C2)C12SCC(CO)S2. The van der Waals surface area contributed by atoms with Crippen molar-refractivity contribution in [2.45, 2.75) is 54.2 Å². The number of thioether (sulfide) groups is 2. The number of carbonyl (C=O) groups excluding carboxylic acids is 1. The van der Waals surface area contributed by atoms with Crippen LogP contribution in [0.1, 0.15) is 33.1 Å². The molecule has 0 amide bonds. The normalized spacial score (nSPS) is 43.4. The van der Waals surface area contributed by atoms with Crippen molar-refractivity contribution in [3.05, 3.63) is 0 Å². The molecule has 114 valence electrons. The number of esters is 1. The average molecular weight is 320 g/mol. The van der Waals surface area contributed by atoms with Crippen molar-refractivity contribution in [3.8, 4) is 0 Å². The number of alkyl halides is 1. The van der Waals surface area contributed by atoms with Crippen LogP contribution in [0.3, 0.4) is 0 Å². The topological polar surface area (TPSA) is 46.5 Å². The third-order valence-corrected chi connectivity index (χ3v) is 8.66. The molecule has 3 nitrogen and oxygen atoms in total. The summed E-state index contributed by atoms with van der Waals surface area (Å²) >= 11 is 3.57. The van der Waals surface area contributed by atoms with E-state index >= 15 is 0 Å². The zero-order chi connectivity index (χ0) is 14.5. The number of aliphatic hydroxyl groups excluding tert-OH is 1. The van der Waals surface area contributed by atoms with Crippen molar-refractivity contribution in [3.63, 3.8) is 0 Å². The molecule has 2 saturated carbocycles. The van der Waals surface area contributed by atoms with Gasteiger partial charge < -0.3 is 9.84 Å². The Balaban J connectivity index is 1.80. The summed E-state index contributed by atoms with van der Waals surface area (Å²) < 4.78 is 19.2. The fourth-order valence-corrected chi connectivity index (χ4v) is 7.80. The van der Waals surface area contributed by atoms with Crippen molar-refractivity contribution in [2.75, 3.05) is 12.4 Å². The molecule has 2 bridgehead atoms. The molecule has 0 aromatic rings. The summed E-state index contributed by atoms with van der Waals surface area (Å²) in [7, 11) is 0. The number of ether oxygens (including phenoxy) is 1. The predicted octanol–water partition coefficient (Wildman–Crippen LogP) is 2.61. The van der Waals surface area contributed by atoms with Crippen molar-refractivity contribution in [1.82, 2.24) is 0 Å². The molecule has 1 spiro atoms. The van der Waals surface area contributed by atoms with Crippen LogP contribution in [-0.2, 0) is 9.53 Å². The molecule has 20 heavy (non-hydrogen) atoms. The predicted molar refractivity (Wildman–Crippen MR) is 79.6 cm³/mol. The molecule has 3 rings (SSSR count). The smallest absolute Gasteiger partial charge is 0.343 e. The van der Waals surface area contributed by atoms with E-state index in [1.54, 1.807) is 11.8 Å². The lowest BCUT2D eigenvalue weighted by Crippen LogP contribution is -2.46. The molecule has 1 aliphatic heterocycles. The molecule has 1 N–H and O–H groups in total. The number of rotatable bonds is 3. The second-order valence-electron chi connectivity index (χ2n) is 6.52. The second-order valence-corrected chi connectivity index (χ2v) is 9.66. The zero-order valence-corrected chi connectivity index (χ0v) is 13.4. The van der Waals surface area contributed by atoms with Crippen molar-refractivity contribution in [2.24, 2.45) is 11.8 Å². The molecule has 6 heteroatoms. The quantitative estimate of drug-likeness (QED) is 0.810. The monoisotopic (exact) mass is 320 g/mol. The summed E-state index contributed by atoms with van der Waals surface area (Å²) in [6.45, 7) is 2.66. The Morgan fingerprint density at radius 1 is 1.50 bits per heavy atom. The first-order valence-electron chi connectivity index (χ1n) is 7.19. The Kier molecular flexibility index (Phi) is 3.79. The number of fused-ring (bicyclic) bond motifs is 3. The summed E-state index contributed by atoms with van der Waals surface area (Å²) in [6, 6.07) is 0. The van der Waals surface area contributed by atoms with E-state index in [-0.39, 0.29) is 22.0 Å². The van der Waals surface area contributed by atoms with Crippen LogP contribution in [0, 0.1) is 11.8 Å². The molecule has 5 atom stereocenters. The van der Waals surface area contributed by atoms with Gasteiger partial charge in [0.1, 0.15) is 10.2 Å². The van der Waals surface area contributed by atoms with E-state index < -0.39 is 11.6 Å². The molecular weight excluding hydrogens is 299 g/mol. The van der Waals surface area contributed by atoms with Gasteiger partial charge >= 0.3 is 5.97 Å².